The van der Waals surface area contributed by atoms with Gasteiger partial charge in [0.15, 0.2) is 0 Å². The number of amides is 1. The second kappa shape index (κ2) is 8.90. The highest BCUT2D eigenvalue weighted by atomic mass is 35.5. The Kier molecular flexibility index (Phi) is 6.88. The molecule has 0 aliphatic heterocycles. The number of rotatable bonds is 6. The Morgan fingerprint density at radius 1 is 1.21 bits per heavy atom. The van der Waals surface area contributed by atoms with Crippen molar-refractivity contribution in [3.8, 4) is 0 Å². The summed E-state index contributed by atoms with van der Waals surface area (Å²) in [6.45, 7) is 1.07. The van der Waals surface area contributed by atoms with Crippen molar-refractivity contribution in [2.75, 3.05) is 6.54 Å². The molecule has 1 heterocycles. The van der Waals surface area contributed by atoms with Gasteiger partial charge in [0.1, 0.15) is 12.0 Å². The quantitative estimate of drug-likeness (QED) is 0.864. The Labute approximate surface area is 149 Å². The predicted octanol–water partition coefficient (Wildman–Crippen LogP) is 3.79. The van der Waals surface area contributed by atoms with Gasteiger partial charge in [0.05, 0.1) is 12.1 Å². The summed E-state index contributed by atoms with van der Waals surface area (Å²) in [5, 5.41) is 0. The summed E-state index contributed by atoms with van der Waals surface area (Å²) >= 11 is 0. The summed E-state index contributed by atoms with van der Waals surface area (Å²) in [6, 6.07) is 12.4. The van der Waals surface area contributed by atoms with Crippen LogP contribution in [0, 0.1) is 0 Å². The van der Waals surface area contributed by atoms with Crippen LogP contribution < -0.4 is 5.73 Å². The fourth-order valence-electron chi connectivity index (χ4n) is 3.33. The molecule has 0 radical (unpaired) electrons. The number of benzene rings is 1. The van der Waals surface area contributed by atoms with E-state index in [9.17, 15) is 4.79 Å². The summed E-state index contributed by atoms with van der Waals surface area (Å²) in [5.74, 6) is 0.721. The molecule has 0 spiro atoms. The molecule has 0 saturated heterocycles. The van der Waals surface area contributed by atoms with Crippen LogP contribution in [0.15, 0.2) is 47.1 Å². The third-order valence-electron chi connectivity index (χ3n) is 4.61. The summed E-state index contributed by atoms with van der Waals surface area (Å²) in [5.41, 5.74) is 7.46. The van der Waals surface area contributed by atoms with Crippen LogP contribution in [0.4, 0.5) is 0 Å². The van der Waals surface area contributed by atoms with Crippen LogP contribution in [-0.4, -0.2) is 23.4 Å². The molecule has 24 heavy (non-hydrogen) atoms. The van der Waals surface area contributed by atoms with Crippen molar-refractivity contribution in [3.63, 3.8) is 0 Å². The molecule has 1 aliphatic rings. The van der Waals surface area contributed by atoms with Crippen LogP contribution in [0.1, 0.15) is 47.4 Å². The second-order valence-electron chi connectivity index (χ2n) is 6.18. The van der Waals surface area contributed by atoms with E-state index in [1.54, 1.807) is 6.07 Å². The van der Waals surface area contributed by atoms with Gasteiger partial charge >= 0.3 is 0 Å². The molecule has 5 heteroatoms. The lowest BCUT2D eigenvalue weighted by Crippen LogP contribution is -2.40. The van der Waals surface area contributed by atoms with E-state index >= 15 is 0 Å². The van der Waals surface area contributed by atoms with E-state index in [2.05, 4.69) is 12.1 Å². The maximum absolute atomic E-state index is 12.9. The number of carbonyl (C=O) groups is 1. The number of halogens is 1. The second-order valence-corrected chi connectivity index (χ2v) is 6.18. The van der Waals surface area contributed by atoms with Gasteiger partial charge in [-0.2, -0.15) is 0 Å². The average Bonchev–Trinajstić information content (AvgIpc) is 3.27. The van der Waals surface area contributed by atoms with Crippen molar-refractivity contribution in [2.45, 2.75) is 44.7 Å². The molecular weight excluding hydrogens is 324 g/mol. The number of hydrogen-bond donors (Lipinski definition) is 1. The van der Waals surface area contributed by atoms with Crippen LogP contribution in [0.5, 0.6) is 0 Å². The Bertz CT molecular complexity index is 636. The zero-order valence-corrected chi connectivity index (χ0v) is 14.6. The van der Waals surface area contributed by atoms with Gasteiger partial charge in [-0.25, -0.2) is 0 Å². The van der Waals surface area contributed by atoms with E-state index in [4.69, 9.17) is 10.2 Å². The lowest BCUT2D eigenvalue weighted by atomic mass is 10.1. The number of furan rings is 1. The van der Waals surface area contributed by atoms with Crippen molar-refractivity contribution < 1.29 is 9.21 Å². The highest BCUT2D eigenvalue weighted by Gasteiger charge is 2.28. The maximum Gasteiger partial charge on any atom is 0.257 e. The fourth-order valence-corrected chi connectivity index (χ4v) is 3.33. The highest BCUT2D eigenvalue weighted by molar-refractivity contribution is 5.94. The highest BCUT2D eigenvalue weighted by Crippen LogP contribution is 2.25. The molecule has 1 aliphatic carbocycles. The van der Waals surface area contributed by atoms with E-state index in [1.165, 1.54) is 24.7 Å². The molecule has 2 aromatic rings. The Morgan fingerprint density at radius 3 is 2.54 bits per heavy atom. The van der Waals surface area contributed by atoms with Gasteiger partial charge in [-0.3, -0.25) is 4.79 Å². The van der Waals surface area contributed by atoms with Crippen LogP contribution in [-0.2, 0) is 13.0 Å². The Balaban J connectivity index is 0.00000208. The van der Waals surface area contributed by atoms with E-state index in [1.807, 2.05) is 23.1 Å². The number of hydrogen-bond acceptors (Lipinski definition) is 3. The van der Waals surface area contributed by atoms with Gasteiger partial charge in [0.25, 0.3) is 5.91 Å². The van der Waals surface area contributed by atoms with Crippen molar-refractivity contribution in [1.82, 2.24) is 4.90 Å². The molecule has 0 atom stereocenters. The van der Waals surface area contributed by atoms with E-state index in [-0.39, 0.29) is 18.3 Å². The fraction of sp³-hybridized carbons (Fsp3) is 0.421. The first kappa shape index (κ1) is 18.6. The molecule has 1 amide bonds. The standard InChI is InChI=1S/C19H24N2O2.ClH/c20-13-18-12-16(14-23-18)19(22)21(17-8-4-5-9-17)11-10-15-6-2-1-3-7-15;/h1-3,6-7,12,14,17H,4-5,8-11,13,20H2;1H. The minimum atomic E-state index is 0. The summed E-state index contributed by atoms with van der Waals surface area (Å²) < 4.78 is 5.34. The van der Waals surface area contributed by atoms with Gasteiger partial charge in [-0.05, 0) is 30.9 Å². The van der Waals surface area contributed by atoms with E-state index < -0.39 is 0 Å². The number of nitrogens with zero attached hydrogens (tertiary/aromatic N) is 1. The van der Waals surface area contributed by atoms with Crippen molar-refractivity contribution in [1.29, 1.82) is 0 Å². The van der Waals surface area contributed by atoms with Crippen LogP contribution in [0.25, 0.3) is 0 Å². The first-order valence-electron chi connectivity index (χ1n) is 8.40. The molecular formula is C19H25ClN2O2. The first-order chi connectivity index (χ1) is 11.3. The summed E-state index contributed by atoms with van der Waals surface area (Å²) in [7, 11) is 0. The molecule has 1 aromatic heterocycles. The molecule has 4 nitrogen and oxygen atoms in total. The van der Waals surface area contributed by atoms with Gasteiger partial charge in [-0.15, -0.1) is 12.4 Å². The van der Waals surface area contributed by atoms with Crippen molar-refractivity contribution >= 4 is 18.3 Å². The minimum Gasteiger partial charge on any atom is -0.467 e. The molecule has 0 unspecified atom stereocenters. The van der Waals surface area contributed by atoms with Crippen LogP contribution in [0.2, 0.25) is 0 Å². The van der Waals surface area contributed by atoms with Gasteiger partial charge < -0.3 is 15.1 Å². The van der Waals surface area contributed by atoms with Crippen LogP contribution >= 0.6 is 12.4 Å². The minimum absolute atomic E-state index is 0. The predicted molar refractivity (Wildman–Crippen MR) is 97.3 cm³/mol. The number of nitrogens with two attached hydrogens (primary N) is 1. The lowest BCUT2D eigenvalue weighted by Gasteiger charge is -2.28. The van der Waals surface area contributed by atoms with Gasteiger partial charge in [0, 0.05) is 12.6 Å². The smallest absolute Gasteiger partial charge is 0.257 e. The maximum atomic E-state index is 12.9. The zero-order chi connectivity index (χ0) is 16.1. The van der Waals surface area contributed by atoms with Crippen molar-refractivity contribution in [3.05, 3.63) is 59.5 Å². The van der Waals surface area contributed by atoms with Gasteiger partial charge in [-0.1, -0.05) is 43.2 Å². The van der Waals surface area contributed by atoms with Crippen molar-refractivity contribution in [2.24, 2.45) is 5.73 Å². The Hall–Kier alpha value is -1.78. The third-order valence-corrected chi connectivity index (χ3v) is 4.61. The summed E-state index contributed by atoms with van der Waals surface area (Å²) in [4.78, 5) is 14.9. The SMILES string of the molecule is Cl.NCc1cc(C(=O)N(CCc2ccccc2)C2CCCC2)co1. The molecule has 1 saturated carbocycles. The normalized spacial score (nSPS) is 14.4. The molecule has 1 fully saturated rings. The molecule has 130 valence electrons. The average molecular weight is 349 g/mol. The molecule has 1 aromatic carbocycles. The molecule has 0 bridgehead atoms. The first-order valence-corrected chi connectivity index (χ1v) is 8.40. The van der Waals surface area contributed by atoms with Crippen LogP contribution in [0.3, 0.4) is 0 Å². The third kappa shape index (κ3) is 4.40. The largest absolute Gasteiger partial charge is 0.467 e. The molecule has 2 N–H and O–H groups in total. The topological polar surface area (TPSA) is 59.5 Å². The summed E-state index contributed by atoms with van der Waals surface area (Å²) in [6.07, 6.45) is 7.03. The van der Waals surface area contributed by atoms with Gasteiger partial charge in [0.2, 0.25) is 0 Å². The Morgan fingerprint density at radius 2 is 1.92 bits per heavy atom. The van der Waals surface area contributed by atoms with E-state index in [0.717, 1.165) is 25.8 Å². The monoisotopic (exact) mass is 348 g/mol. The lowest BCUT2D eigenvalue weighted by molar-refractivity contribution is 0.0683. The number of carbonyl (C=O) groups excluding carboxylic acids is 1. The molecule has 3 rings (SSSR count). The van der Waals surface area contributed by atoms with E-state index in [0.29, 0.717) is 23.9 Å². The zero-order valence-electron chi connectivity index (χ0n) is 13.8.